The Morgan fingerprint density at radius 3 is 2.62 bits per heavy atom. The number of hydrogen-bond acceptors (Lipinski definition) is 4. The number of benzene rings is 1. The van der Waals surface area contributed by atoms with Crippen LogP contribution in [0.5, 0.6) is 5.75 Å². The van der Waals surface area contributed by atoms with Crippen molar-refractivity contribution < 1.29 is 17.9 Å². The van der Waals surface area contributed by atoms with Crippen molar-refractivity contribution in [2.75, 3.05) is 20.2 Å². The number of hydrogen-bond donors (Lipinski definition) is 1. The van der Waals surface area contributed by atoms with Crippen LogP contribution in [0.15, 0.2) is 23.1 Å². The number of rotatable bonds is 9. The quantitative estimate of drug-likeness (QED) is 0.718. The van der Waals surface area contributed by atoms with Crippen LogP contribution in [-0.2, 0) is 14.8 Å². The Kier molecular flexibility index (Phi) is 7.99. The molecule has 1 rings (SSSR count). The van der Waals surface area contributed by atoms with Crippen molar-refractivity contribution in [1.29, 1.82) is 0 Å². The van der Waals surface area contributed by atoms with E-state index in [-0.39, 0.29) is 34.2 Å². The van der Waals surface area contributed by atoms with Crippen LogP contribution < -0.4 is 10.1 Å². The molecule has 0 bridgehead atoms. The monoisotopic (exact) mass is 376 g/mol. The minimum Gasteiger partial charge on any atom is -0.492 e. The highest BCUT2D eigenvalue weighted by atomic mass is 35.5. The van der Waals surface area contributed by atoms with Crippen molar-refractivity contribution in [2.24, 2.45) is 0 Å². The second-order valence-electron chi connectivity index (χ2n) is 5.54. The summed E-state index contributed by atoms with van der Waals surface area (Å²) in [5.41, 5.74) is 0. The highest BCUT2D eigenvalue weighted by Gasteiger charge is 2.27. The zero-order valence-corrected chi connectivity index (χ0v) is 16.1. The zero-order chi connectivity index (χ0) is 18.3. The summed E-state index contributed by atoms with van der Waals surface area (Å²) >= 11 is 5.92. The number of ether oxygens (including phenoxy) is 1. The van der Waals surface area contributed by atoms with Crippen LogP contribution in [-0.4, -0.2) is 44.9 Å². The summed E-state index contributed by atoms with van der Waals surface area (Å²) in [6.45, 7) is 5.72. The number of likely N-dealkylation sites (N-methyl/N-ethyl adjacent to an activating group) is 1. The molecule has 0 fully saturated rings. The molecule has 1 amide bonds. The predicted octanol–water partition coefficient (Wildman–Crippen LogP) is 2.66. The van der Waals surface area contributed by atoms with Gasteiger partial charge in [0.05, 0.1) is 13.2 Å². The van der Waals surface area contributed by atoms with Crippen LogP contribution in [0, 0.1) is 0 Å². The molecule has 0 radical (unpaired) electrons. The lowest BCUT2D eigenvalue weighted by Crippen LogP contribution is -2.41. The molecule has 1 aromatic rings. The molecule has 0 aliphatic carbocycles. The van der Waals surface area contributed by atoms with Gasteiger partial charge in [-0.15, -0.1) is 0 Å². The molecule has 1 aromatic carbocycles. The minimum atomic E-state index is -3.89. The Labute approximate surface area is 149 Å². The van der Waals surface area contributed by atoms with Gasteiger partial charge in [0.25, 0.3) is 0 Å². The fourth-order valence-electron chi connectivity index (χ4n) is 2.24. The number of sulfonamides is 1. The summed E-state index contributed by atoms with van der Waals surface area (Å²) in [6, 6.07) is 4.40. The largest absolute Gasteiger partial charge is 0.492 e. The maximum Gasteiger partial charge on any atom is 0.247 e. The minimum absolute atomic E-state index is 0.00348. The summed E-state index contributed by atoms with van der Waals surface area (Å²) in [5, 5.41) is 3.07. The van der Waals surface area contributed by atoms with Gasteiger partial charge < -0.3 is 10.1 Å². The number of carbonyl (C=O) groups is 1. The molecule has 1 N–H and O–H groups in total. The molecule has 1 unspecified atom stereocenters. The van der Waals surface area contributed by atoms with Gasteiger partial charge in [-0.05, 0) is 38.5 Å². The molecule has 0 saturated heterocycles. The highest BCUT2D eigenvalue weighted by molar-refractivity contribution is 7.89. The average molecular weight is 377 g/mol. The van der Waals surface area contributed by atoms with Crippen LogP contribution in [0.25, 0.3) is 0 Å². The van der Waals surface area contributed by atoms with E-state index in [0.29, 0.717) is 6.61 Å². The topological polar surface area (TPSA) is 75.7 Å². The summed E-state index contributed by atoms with van der Waals surface area (Å²) in [7, 11) is -2.54. The number of carbonyl (C=O) groups excluding carboxylic acids is 1. The predicted molar refractivity (Wildman–Crippen MR) is 94.9 cm³/mol. The van der Waals surface area contributed by atoms with E-state index in [2.05, 4.69) is 5.32 Å². The molecule has 1 atom stereocenters. The average Bonchev–Trinajstić information content (AvgIpc) is 2.49. The standard InChI is InChI=1S/C16H25ClN2O4S/c1-5-7-12(3)18-16(20)11-19(4)24(21,22)15-10-13(17)8-9-14(15)23-6-2/h8-10,12H,5-7,11H2,1-4H3,(H,18,20). The molecule has 0 saturated carbocycles. The molecule has 6 nitrogen and oxygen atoms in total. The van der Waals surface area contributed by atoms with Crippen LogP contribution in [0.2, 0.25) is 5.02 Å². The Hall–Kier alpha value is -1.31. The highest BCUT2D eigenvalue weighted by Crippen LogP contribution is 2.29. The third kappa shape index (κ3) is 5.65. The number of halogens is 1. The molecule has 0 heterocycles. The van der Waals surface area contributed by atoms with Crippen LogP contribution in [0.3, 0.4) is 0 Å². The van der Waals surface area contributed by atoms with Crippen molar-refractivity contribution in [3.8, 4) is 5.75 Å². The molecular formula is C16H25ClN2O4S. The first kappa shape index (κ1) is 20.7. The van der Waals surface area contributed by atoms with E-state index >= 15 is 0 Å². The zero-order valence-electron chi connectivity index (χ0n) is 14.5. The van der Waals surface area contributed by atoms with E-state index in [1.165, 1.54) is 19.2 Å². The van der Waals surface area contributed by atoms with Gasteiger partial charge in [-0.25, -0.2) is 8.42 Å². The van der Waals surface area contributed by atoms with E-state index < -0.39 is 10.0 Å². The van der Waals surface area contributed by atoms with Crippen molar-refractivity contribution in [2.45, 2.75) is 44.6 Å². The van der Waals surface area contributed by atoms with E-state index in [9.17, 15) is 13.2 Å². The molecular weight excluding hydrogens is 352 g/mol. The fourth-order valence-corrected chi connectivity index (χ4v) is 3.76. The molecule has 8 heteroatoms. The van der Waals surface area contributed by atoms with Crippen LogP contribution in [0.1, 0.15) is 33.6 Å². The third-order valence-corrected chi connectivity index (χ3v) is 5.45. The molecule has 24 heavy (non-hydrogen) atoms. The third-order valence-electron chi connectivity index (χ3n) is 3.39. The van der Waals surface area contributed by atoms with Crippen molar-refractivity contribution >= 4 is 27.5 Å². The van der Waals surface area contributed by atoms with Crippen LogP contribution >= 0.6 is 11.6 Å². The second kappa shape index (κ2) is 9.25. The Bertz CT molecular complexity index is 664. The Balaban J connectivity index is 2.95. The lowest BCUT2D eigenvalue weighted by molar-refractivity contribution is -0.121. The number of nitrogens with zero attached hydrogens (tertiary/aromatic N) is 1. The molecule has 0 aromatic heterocycles. The van der Waals surface area contributed by atoms with Gasteiger partial charge in [0.15, 0.2) is 0 Å². The fraction of sp³-hybridized carbons (Fsp3) is 0.562. The van der Waals surface area contributed by atoms with Gasteiger partial charge in [-0.3, -0.25) is 4.79 Å². The number of nitrogens with one attached hydrogen (secondary N) is 1. The summed E-state index contributed by atoms with van der Waals surface area (Å²) in [4.78, 5) is 12.0. The first-order valence-electron chi connectivity index (χ1n) is 7.90. The van der Waals surface area contributed by atoms with Gasteiger partial charge in [0.1, 0.15) is 10.6 Å². The van der Waals surface area contributed by atoms with E-state index in [1.807, 2.05) is 13.8 Å². The summed E-state index contributed by atoms with van der Waals surface area (Å²) in [6.07, 6.45) is 1.78. The molecule has 0 aliphatic rings. The van der Waals surface area contributed by atoms with E-state index in [0.717, 1.165) is 17.1 Å². The second-order valence-corrected chi connectivity index (χ2v) is 7.99. The number of amides is 1. The van der Waals surface area contributed by atoms with E-state index in [4.69, 9.17) is 16.3 Å². The summed E-state index contributed by atoms with van der Waals surface area (Å²) < 4.78 is 31.8. The lowest BCUT2D eigenvalue weighted by Gasteiger charge is -2.20. The molecule has 0 aliphatic heterocycles. The Morgan fingerprint density at radius 1 is 1.38 bits per heavy atom. The molecule has 0 spiro atoms. The van der Waals surface area contributed by atoms with Gasteiger partial charge in [-0.2, -0.15) is 4.31 Å². The van der Waals surface area contributed by atoms with Crippen molar-refractivity contribution in [3.05, 3.63) is 23.2 Å². The van der Waals surface area contributed by atoms with Crippen LogP contribution in [0.4, 0.5) is 0 Å². The van der Waals surface area contributed by atoms with Gasteiger partial charge in [0.2, 0.25) is 15.9 Å². The maximum absolute atomic E-state index is 12.7. The van der Waals surface area contributed by atoms with Gasteiger partial charge in [-0.1, -0.05) is 24.9 Å². The molecule has 136 valence electrons. The first-order chi connectivity index (χ1) is 11.2. The maximum atomic E-state index is 12.7. The Morgan fingerprint density at radius 2 is 2.04 bits per heavy atom. The van der Waals surface area contributed by atoms with Crippen molar-refractivity contribution in [3.63, 3.8) is 0 Å². The van der Waals surface area contributed by atoms with Gasteiger partial charge >= 0.3 is 0 Å². The first-order valence-corrected chi connectivity index (χ1v) is 9.72. The summed E-state index contributed by atoms with van der Waals surface area (Å²) in [5.74, 6) is -0.129. The van der Waals surface area contributed by atoms with Crippen molar-refractivity contribution in [1.82, 2.24) is 9.62 Å². The normalized spacial score (nSPS) is 12.9. The SMILES string of the molecule is CCCC(C)NC(=O)CN(C)S(=O)(=O)c1cc(Cl)ccc1OCC. The van der Waals surface area contributed by atoms with E-state index in [1.54, 1.807) is 13.0 Å². The lowest BCUT2D eigenvalue weighted by atomic mass is 10.2. The smallest absolute Gasteiger partial charge is 0.247 e. The van der Waals surface area contributed by atoms with Gasteiger partial charge in [0, 0.05) is 18.1 Å².